The second kappa shape index (κ2) is 5.49. The zero-order valence-electron chi connectivity index (χ0n) is 10.7. The van der Waals surface area contributed by atoms with Crippen molar-refractivity contribution < 1.29 is 5.11 Å². The lowest BCUT2D eigenvalue weighted by Crippen LogP contribution is -1.97. The molecule has 2 aromatic carbocycles. The van der Waals surface area contributed by atoms with E-state index in [0.717, 1.165) is 27.1 Å². The van der Waals surface area contributed by atoms with Crippen molar-refractivity contribution >= 4 is 34.1 Å². The van der Waals surface area contributed by atoms with E-state index in [4.69, 9.17) is 23.2 Å². The topological polar surface area (TPSA) is 25.2 Å². The molecule has 1 heterocycles. The van der Waals surface area contributed by atoms with Crippen LogP contribution in [-0.2, 0) is 13.2 Å². The molecule has 0 unspecified atom stereocenters. The summed E-state index contributed by atoms with van der Waals surface area (Å²) in [5.74, 6) is 0. The number of aromatic nitrogens is 1. The molecule has 3 rings (SSSR count). The number of hydrogen-bond donors (Lipinski definition) is 1. The number of aliphatic hydroxyl groups excluding tert-OH is 1. The van der Waals surface area contributed by atoms with Crippen molar-refractivity contribution in [2.24, 2.45) is 0 Å². The third-order valence-corrected chi connectivity index (χ3v) is 3.81. The van der Waals surface area contributed by atoms with Crippen molar-refractivity contribution in [1.82, 2.24) is 4.57 Å². The number of halogens is 2. The van der Waals surface area contributed by atoms with Gasteiger partial charge in [-0.05, 0) is 29.8 Å². The first kappa shape index (κ1) is 13.5. The summed E-state index contributed by atoms with van der Waals surface area (Å²) in [6.07, 6.45) is 1.96. The van der Waals surface area contributed by atoms with E-state index >= 15 is 0 Å². The molecule has 0 radical (unpaired) electrons. The van der Waals surface area contributed by atoms with Crippen LogP contribution >= 0.6 is 23.2 Å². The number of benzene rings is 2. The van der Waals surface area contributed by atoms with E-state index in [9.17, 15) is 5.11 Å². The molecule has 2 nitrogen and oxygen atoms in total. The normalized spacial score (nSPS) is 11.2. The highest BCUT2D eigenvalue weighted by Crippen LogP contribution is 2.26. The van der Waals surface area contributed by atoms with Gasteiger partial charge in [0.15, 0.2) is 0 Å². The molecular formula is C16H13Cl2NO. The predicted molar refractivity (Wildman–Crippen MR) is 83.4 cm³/mol. The van der Waals surface area contributed by atoms with E-state index in [-0.39, 0.29) is 6.61 Å². The summed E-state index contributed by atoms with van der Waals surface area (Å²) in [5.41, 5.74) is 3.03. The minimum absolute atomic E-state index is 0.0146. The Labute approximate surface area is 127 Å². The number of aliphatic hydroxyl groups is 1. The van der Waals surface area contributed by atoms with Gasteiger partial charge in [0.05, 0.1) is 12.1 Å². The van der Waals surface area contributed by atoms with Crippen LogP contribution < -0.4 is 0 Å². The average Bonchev–Trinajstić information content (AvgIpc) is 2.76. The maximum absolute atomic E-state index is 9.46. The van der Waals surface area contributed by atoms with Gasteiger partial charge in [0.2, 0.25) is 0 Å². The Morgan fingerprint density at radius 3 is 2.55 bits per heavy atom. The van der Waals surface area contributed by atoms with Gasteiger partial charge in [0.25, 0.3) is 0 Å². The first-order valence-electron chi connectivity index (χ1n) is 6.30. The van der Waals surface area contributed by atoms with E-state index < -0.39 is 0 Å². The second-order valence-electron chi connectivity index (χ2n) is 4.73. The molecule has 4 heteroatoms. The monoisotopic (exact) mass is 305 g/mol. The molecule has 0 atom stereocenters. The zero-order chi connectivity index (χ0) is 14.1. The summed E-state index contributed by atoms with van der Waals surface area (Å²) in [5, 5.41) is 11.9. The summed E-state index contributed by atoms with van der Waals surface area (Å²) >= 11 is 12.1. The predicted octanol–water partition coefficient (Wildman–Crippen LogP) is 4.49. The molecule has 102 valence electrons. The highest BCUT2D eigenvalue weighted by molar-refractivity contribution is 6.31. The largest absolute Gasteiger partial charge is 0.392 e. The molecule has 3 aromatic rings. The molecule has 0 fully saturated rings. The van der Waals surface area contributed by atoms with Crippen molar-refractivity contribution in [1.29, 1.82) is 0 Å². The van der Waals surface area contributed by atoms with Gasteiger partial charge in [-0.1, -0.05) is 41.4 Å². The van der Waals surface area contributed by atoms with Crippen LogP contribution in [-0.4, -0.2) is 9.67 Å². The third-order valence-electron chi connectivity index (χ3n) is 3.34. The first-order valence-corrected chi connectivity index (χ1v) is 7.05. The molecule has 1 N–H and O–H groups in total. The van der Waals surface area contributed by atoms with Crippen molar-refractivity contribution in [3.63, 3.8) is 0 Å². The lowest BCUT2D eigenvalue weighted by Gasteiger charge is -2.06. The summed E-state index contributed by atoms with van der Waals surface area (Å²) in [6.45, 7) is 0.706. The molecule has 0 saturated carbocycles. The van der Waals surface area contributed by atoms with E-state index in [1.807, 2.05) is 48.7 Å². The van der Waals surface area contributed by atoms with Crippen LogP contribution in [0.5, 0.6) is 0 Å². The maximum atomic E-state index is 9.46. The Balaban J connectivity index is 2.09. The zero-order valence-corrected chi connectivity index (χ0v) is 12.2. The molecule has 0 aliphatic carbocycles. The molecule has 20 heavy (non-hydrogen) atoms. The molecule has 0 aliphatic heterocycles. The minimum Gasteiger partial charge on any atom is -0.392 e. The number of nitrogens with zero attached hydrogens (tertiary/aromatic N) is 1. The fourth-order valence-electron chi connectivity index (χ4n) is 2.43. The van der Waals surface area contributed by atoms with E-state index in [0.29, 0.717) is 11.6 Å². The third kappa shape index (κ3) is 2.55. The van der Waals surface area contributed by atoms with Gasteiger partial charge in [0, 0.05) is 33.7 Å². The Bertz CT molecular complexity index is 764. The van der Waals surface area contributed by atoms with Crippen molar-refractivity contribution in [3.8, 4) is 0 Å². The number of hydrogen-bond acceptors (Lipinski definition) is 1. The summed E-state index contributed by atoms with van der Waals surface area (Å²) in [4.78, 5) is 0. The Morgan fingerprint density at radius 1 is 1.00 bits per heavy atom. The molecule has 0 aliphatic rings. The molecule has 1 aromatic heterocycles. The Morgan fingerprint density at radius 2 is 1.80 bits per heavy atom. The Kier molecular flexibility index (Phi) is 3.70. The standard InChI is InChI=1S/C16H13Cl2NO/c17-13-3-1-2-11(6-13)8-19-9-12(10-20)15-5-4-14(18)7-16(15)19/h1-7,9,20H,8,10H2. The van der Waals surface area contributed by atoms with Gasteiger partial charge in [-0.3, -0.25) is 0 Å². The average molecular weight is 306 g/mol. The smallest absolute Gasteiger partial charge is 0.0702 e. The molecule has 0 bridgehead atoms. The highest BCUT2D eigenvalue weighted by atomic mass is 35.5. The maximum Gasteiger partial charge on any atom is 0.0702 e. The fourth-order valence-corrected chi connectivity index (χ4v) is 2.81. The SMILES string of the molecule is OCc1cn(Cc2cccc(Cl)c2)c2cc(Cl)ccc12. The summed E-state index contributed by atoms with van der Waals surface area (Å²) in [6, 6.07) is 13.5. The number of rotatable bonds is 3. The molecular weight excluding hydrogens is 293 g/mol. The highest BCUT2D eigenvalue weighted by Gasteiger charge is 2.09. The number of fused-ring (bicyclic) bond motifs is 1. The van der Waals surface area contributed by atoms with Gasteiger partial charge in [-0.2, -0.15) is 0 Å². The van der Waals surface area contributed by atoms with Crippen molar-refractivity contribution in [3.05, 3.63) is 69.8 Å². The fraction of sp³-hybridized carbons (Fsp3) is 0.125. The van der Waals surface area contributed by atoms with Crippen LogP contribution in [0, 0.1) is 0 Å². The van der Waals surface area contributed by atoms with Crippen molar-refractivity contribution in [2.75, 3.05) is 0 Å². The summed E-state index contributed by atoms with van der Waals surface area (Å²) < 4.78 is 2.08. The van der Waals surface area contributed by atoms with Gasteiger partial charge in [-0.15, -0.1) is 0 Å². The van der Waals surface area contributed by atoms with E-state index in [1.54, 1.807) is 0 Å². The molecule has 0 spiro atoms. The second-order valence-corrected chi connectivity index (χ2v) is 5.60. The minimum atomic E-state index is 0.0146. The van der Waals surface area contributed by atoms with Crippen LogP contribution in [0.4, 0.5) is 0 Å². The summed E-state index contributed by atoms with van der Waals surface area (Å²) in [7, 11) is 0. The van der Waals surface area contributed by atoms with Gasteiger partial charge in [-0.25, -0.2) is 0 Å². The van der Waals surface area contributed by atoms with Crippen molar-refractivity contribution in [2.45, 2.75) is 13.2 Å². The van der Waals surface area contributed by atoms with E-state index in [2.05, 4.69) is 4.57 Å². The first-order chi connectivity index (χ1) is 9.67. The van der Waals surface area contributed by atoms with Gasteiger partial charge in [0.1, 0.15) is 0 Å². The lowest BCUT2D eigenvalue weighted by atomic mass is 10.2. The quantitative estimate of drug-likeness (QED) is 0.758. The lowest BCUT2D eigenvalue weighted by molar-refractivity contribution is 0.283. The van der Waals surface area contributed by atoms with Crippen LogP contribution in [0.3, 0.4) is 0 Å². The van der Waals surface area contributed by atoms with Crippen LogP contribution in [0.25, 0.3) is 10.9 Å². The van der Waals surface area contributed by atoms with Crippen LogP contribution in [0.2, 0.25) is 10.0 Å². The van der Waals surface area contributed by atoms with Crippen LogP contribution in [0.1, 0.15) is 11.1 Å². The Hall–Kier alpha value is -1.48. The van der Waals surface area contributed by atoms with Crippen LogP contribution in [0.15, 0.2) is 48.7 Å². The van der Waals surface area contributed by atoms with Gasteiger partial charge >= 0.3 is 0 Å². The van der Waals surface area contributed by atoms with E-state index in [1.165, 1.54) is 0 Å². The molecule has 0 amide bonds. The molecule has 0 saturated heterocycles. The van der Waals surface area contributed by atoms with Gasteiger partial charge < -0.3 is 9.67 Å².